The molecule has 0 heterocycles. The molecule has 0 saturated heterocycles. The van der Waals surface area contributed by atoms with Gasteiger partial charge in [-0.25, -0.2) is 9.59 Å². The van der Waals surface area contributed by atoms with Gasteiger partial charge in [-0.15, -0.1) is 0 Å². The van der Waals surface area contributed by atoms with Crippen molar-refractivity contribution < 1.29 is 19.1 Å². The lowest BCUT2D eigenvalue weighted by Gasteiger charge is -2.05. The fourth-order valence-corrected chi connectivity index (χ4v) is 1.63. The van der Waals surface area contributed by atoms with Gasteiger partial charge in [0.1, 0.15) is 0 Å². The normalized spacial score (nSPS) is 9.85. The van der Waals surface area contributed by atoms with Gasteiger partial charge in [-0.2, -0.15) is 0 Å². The fourth-order valence-electron chi connectivity index (χ4n) is 1.63. The van der Waals surface area contributed by atoms with E-state index in [9.17, 15) is 9.59 Å². The second-order valence-corrected chi connectivity index (χ2v) is 4.44. The highest BCUT2D eigenvalue weighted by molar-refractivity contribution is 5.89. The summed E-state index contributed by atoms with van der Waals surface area (Å²) >= 11 is 0. The van der Waals surface area contributed by atoms with Crippen molar-refractivity contribution in [1.82, 2.24) is 0 Å². The molecule has 1 aromatic rings. The van der Waals surface area contributed by atoms with Gasteiger partial charge in [0.2, 0.25) is 0 Å². The third-order valence-corrected chi connectivity index (χ3v) is 2.69. The molecular weight excluding hydrogens is 256 g/mol. The molecule has 0 atom stereocenters. The molecular formula is C16H20O4. The Morgan fingerprint density at radius 2 is 1.85 bits per heavy atom. The molecule has 1 rings (SSSR count). The molecule has 0 aliphatic rings. The van der Waals surface area contributed by atoms with Gasteiger partial charge in [0.15, 0.2) is 0 Å². The molecule has 0 amide bonds. The molecule has 0 radical (unpaired) electrons. The zero-order valence-electron chi connectivity index (χ0n) is 11.8. The number of hydrogen-bond acceptors (Lipinski definition) is 4. The van der Waals surface area contributed by atoms with Gasteiger partial charge in [-0.05, 0) is 38.3 Å². The van der Waals surface area contributed by atoms with Crippen LogP contribution in [0.15, 0.2) is 36.9 Å². The maximum atomic E-state index is 11.7. The monoisotopic (exact) mass is 276 g/mol. The van der Waals surface area contributed by atoms with Crippen LogP contribution < -0.4 is 0 Å². The van der Waals surface area contributed by atoms with Crippen LogP contribution >= 0.6 is 0 Å². The lowest BCUT2D eigenvalue weighted by Crippen LogP contribution is -2.07. The third-order valence-electron chi connectivity index (χ3n) is 2.69. The smallest absolute Gasteiger partial charge is 0.338 e. The van der Waals surface area contributed by atoms with Crippen LogP contribution in [-0.4, -0.2) is 25.2 Å². The molecule has 0 unspecified atom stereocenters. The number of carbonyl (C=O) groups is 2. The van der Waals surface area contributed by atoms with Crippen molar-refractivity contribution >= 4 is 11.9 Å². The second kappa shape index (κ2) is 8.91. The Labute approximate surface area is 119 Å². The van der Waals surface area contributed by atoms with Gasteiger partial charge in [-0.1, -0.05) is 24.3 Å². The van der Waals surface area contributed by atoms with E-state index in [-0.39, 0.29) is 5.97 Å². The Hall–Kier alpha value is -2.10. The molecule has 4 nitrogen and oxygen atoms in total. The maximum Gasteiger partial charge on any atom is 0.338 e. The Balaban J connectivity index is 2.11. The lowest BCUT2D eigenvalue weighted by molar-refractivity contribution is -0.137. The number of rotatable bonds is 8. The van der Waals surface area contributed by atoms with E-state index in [0.717, 1.165) is 30.9 Å². The van der Waals surface area contributed by atoms with Gasteiger partial charge in [0.25, 0.3) is 0 Å². The summed E-state index contributed by atoms with van der Waals surface area (Å²) in [6.45, 7) is 5.99. The summed E-state index contributed by atoms with van der Waals surface area (Å²) < 4.78 is 10.0. The van der Waals surface area contributed by atoms with Crippen LogP contribution in [0.2, 0.25) is 0 Å². The van der Waals surface area contributed by atoms with Crippen molar-refractivity contribution in [2.24, 2.45) is 0 Å². The van der Waals surface area contributed by atoms with Crippen molar-refractivity contribution in [3.63, 3.8) is 0 Å². The number of carbonyl (C=O) groups excluding carboxylic acids is 2. The van der Waals surface area contributed by atoms with Crippen LogP contribution in [0.5, 0.6) is 0 Å². The first kappa shape index (κ1) is 16.0. The molecule has 0 fully saturated rings. The van der Waals surface area contributed by atoms with E-state index in [1.807, 2.05) is 19.1 Å². The molecule has 20 heavy (non-hydrogen) atoms. The van der Waals surface area contributed by atoms with Crippen LogP contribution in [0, 0.1) is 6.92 Å². The first-order chi connectivity index (χ1) is 9.63. The van der Waals surface area contributed by atoms with Crippen molar-refractivity contribution in [3.8, 4) is 0 Å². The van der Waals surface area contributed by atoms with Crippen LogP contribution in [0.25, 0.3) is 0 Å². The maximum absolute atomic E-state index is 11.7. The summed E-state index contributed by atoms with van der Waals surface area (Å²) in [5.41, 5.74) is 1.60. The molecule has 0 saturated carbocycles. The van der Waals surface area contributed by atoms with E-state index < -0.39 is 5.97 Å². The molecule has 0 bridgehead atoms. The number of ether oxygens (including phenoxy) is 2. The highest BCUT2D eigenvalue weighted by atomic mass is 16.5. The van der Waals surface area contributed by atoms with Crippen LogP contribution in [0.1, 0.15) is 35.2 Å². The Morgan fingerprint density at radius 3 is 2.50 bits per heavy atom. The summed E-state index contributed by atoms with van der Waals surface area (Å²) in [7, 11) is 0. The first-order valence-electron chi connectivity index (χ1n) is 6.66. The van der Waals surface area contributed by atoms with Crippen molar-refractivity contribution in [1.29, 1.82) is 0 Å². The minimum Gasteiger partial charge on any atom is -0.463 e. The van der Waals surface area contributed by atoms with Gasteiger partial charge >= 0.3 is 11.9 Å². The van der Waals surface area contributed by atoms with Gasteiger partial charge in [-0.3, -0.25) is 0 Å². The van der Waals surface area contributed by atoms with E-state index in [0.29, 0.717) is 18.8 Å². The SMILES string of the molecule is C=CC(=O)OCCCCCOC(=O)c1cccc(C)c1. The summed E-state index contributed by atoms with van der Waals surface area (Å²) in [5.74, 6) is -0.706. The van der Waals surface area contributed by atoms with Gasteiger partial charge in [0, 0.05) is 6.08 Å². The standard InChI is InChI=1S/C16H20O4/c1-3-15(17)19-10-5-4-6-11-20-16(18)14-9-7-8-13(2)12-14/h3,7-9,12H,1,4-6,10-11H2,2H3. The topological polar surface area (TPSA) is 52.6 Å². The number of unbranched alkanes of at least 4 members (excludes halogenated alkanes) is 2. The number of benzene rings is 1. The van der Waals surface area contributed by atoms with Crippen molar-refractivity contribution in [2.45, 2.75) is 26.2 Å². The zero-order chi connectivity index (χ0) is 14.8. The van der Waals surface area contributed by atoms with Gasteiger partial charge in [0.05, 0.1) is 18.8 Å². The van der Waals surface area contributed by atoms with Crippen LogP contribution in [0.3, 0.4) is 0 Å². The second-order valence-electron chi connectivity index (χ2n) is 4.44. The third kappa shape index (κ3) is 6.18. The fraction of sp³-hybridized carbons (Fsp3) is 0.375. The van der Waals surface area contributed by atoms with E-state index >= 15 is 0 Å². The minimum atomic E-state index is -0.407. The highest BCUT2D eigenvalue weighted by Crippen LogP contribution is 2.06. The van der Waals surface area contributed by atoms with Crippen molar-refractivity contribution in [2.75, 3.05) is 13.2 Å². The molecule has 0 N–H and O–H groups in total. The highest BCUT2D eigenvalue weighted by Gasteiger charge is 2.06. The Kier molecular flexibility index (Phi) is 7.11. The molecule has 0 aliphatic heterocycles. The number of hydrogen-bond donors (Lipinski definition) is 0. The van der Waals surface area contributed by atoms with E-state index in [2.05, 4.69) is 6.58 Å². The Bertz CT molecular complexity index is 465. The summed E-state index contributed by atoms with van der Waals surface area (Å²) in [6, 6.07) is 7.31. The molecule has 0 aliphatic carbocycles. The number of esters is 2. The molecule has 108 valence electrons. The first-order valence-corrected chi connectivity index (χ1v) is 6.66. The quantitative estimate of drug-likeness (QED) is 0.416. The minimum absolute atomic E-state index is 0.299. The summed E-state index contributed by atoms with van der Waals surface area (Å²) in [6.07, 6.45) is 3.49. The predicted molar refractivity (Wildman–Crippen MR) is 76.5 cm³/mol. The van der Waals surface area contributed by atoms with Crippen molar-refractivity contribution in [3.05, 3.63) is 48.0 Å². The molecule has 0 aromatic heterocycles. The molecule has 1 aromatic carbocycles. The van der Waals surface area contributed by atoms with E-state index in [1.165, 1.54) is 0 Å². The summed E-state index contributed by atoms with van der Waals surface area (Å²) in [4.78, 5) is 22.5. The van der Waals surface area contributed by atoms with Gasteiger partial charge < -0.3 is 9.47 Å². The summed E-state index contributed by atoms with van der Waals surface area (Å²) in [5, 5.41) is 0. The van der Waals surface area contributed by atoms with Crippen LogP contribution in [0.4, 0.5) is 0 Å². The largest absolute Gasteiger partial charge is 0.463 e. The average Bonchev–Trinajstić information content (AvgIpc) is 2.45. The van der Waals surface area contributed by atoms with E-state index in [1.54, 1.807) is 12.1 Å². The van der Waals surface area contributed by atoms with Crippen LogP contribution in [-0.2, 0) is 14.3 Å². The zero-order valence-corrected chi connectivity index (χ0v) is 11.8. The molecule has 4 heteroatoms. The average molecular weight is 276 g/mol. The van der Waals surface area contributed by atoms with E-state index in [4.69, 9.17) is 9.47 Å². The number of aryl methyl sites for hydroxylation is 1. The Morgan fingerprint density at radius 1 is 1.15 bits per heavy atom. The molecule has 0 spiro atoms. The predicted octanol–water partition coefficient (Wildman–Crippen LogP) is 3.05. The lowest BCUT2D eigenvalue weighted by atomic mass is 10.1.